The number of methoxy groups -OCH3 is 1. The van der Waals surface area contributed by atoms with Crippen molar-refractivity contribution < 1.29 is 9.47 Å². The topological polar surface area (TPSA) is 18.5 Å². The van der Waals surface area contributed by atoms with Gasteiger partial charge in [0.25, 0.3) is 0 Å². The normalized spacial score (nSPS) is 12.0. The molecule has 0 aliphatic rings. The van der Waals surface area contributed by atoms with E-state index in [1.165, 1.54) is 0 Å². The van der Waals surface area contributed by atoms with E-state index in [1.54, 1.807) is 7.11 Å². The van der Waals surface area contributed by atoms with Gasteiger partial charge in [-0.1, -0.05) is 78.5 Å². The minimum Gasteiger partial charge on any atom is -0.496 e. The van der Waals surface area contributed by atoms with Crippen molar-refractivity contribution in [2.24, 2.45) is 0 Å². The molecule has 0 aliphatic carbocycles. The maximum absolute atomic E-state index is 6.28. The molecule has 0 radical (unpaired) electrons. The van der Waals surface area contributed by atoms with Crippen molar-refractivity contribution in [3.05, 3.63) is 65.2 Å². The minimum atomic E-state index is -0.0360. The van der Waals surface area contributed by atoms with Gasteiger partial charge in [-0.05, 0) is 34.1 Å². The molecule has 26 heavy (non-hydrogen) atoms. The van der Waals surface area contributed by atoms with E-state index >= 15 is 0 Å². The summed E-state index contributed by atoms with van der Waals surface area (Å²) in [6, 6.07) is 12.6. The highest BCUT2D eigenvalue weighted by atomic mass is 16.5. The van der Waals surface area contributed by atoms with Crippen LogP contribution in [0.2, 0.25) is 0 Å². The standard InChI is InChI=1S/C24H32O2/c1-9-17-10-12-18(13-11-17)16-26-22-15-19(23(2,3)4)21(25-8)14-20(22)24(5,6)7/h9-15H,1,16H2,2-8H3. The molecule has 0 unspecified atom stereocenters. The van der Waals surface area contributed by atoms with Gasteiger partial charge < -0.3 is 9.47 Å². The first-order valence-corrected chi connectivity index (χ1v) is 9.13. The highest BCUT2D eigenvalue weighted by molar-refractivity contribution is 5.52. The van der Waals surface area contributed by atoms with E-state index in [1.807, 2.05) is 6.08 Å². The number of benzene rings is 2. The van der Waals surface area contributed by atoms with Gasteiger partial charge in [0.2, 0.25) is 0 Å². The van der Waals surface area contributed by atoms with Crippen molar-refractivity contribution in [1.29, 1.82) is 0 Å². The Hall–Kier alpha value is -2.22. The van der Waals surface area contributed by atoms with Crippen molar-refractivity contribution in [1.82, 2.24) is 0 Å². The first-order valence-electron chi connectivity index (χ1n) is 9.13. The predicted octanol–water partition coefficient (Wildman–Crippen LogP) is 6.51. The number of hydrogen-bond donors (Lipinski definition) is 0. The van der Waals surface area contributed by atoms with Crippen LogP contribution in [0.4, 0.5) is 0 Å². The molecule has 0 atom stereocenters. The van der Waals surface area contributed by atoms with Gasteiger partial charge in [-0.3, -0.25) is 0 Å². The smallest absolute Gasteiger partial charge is 0.124 e. The van der Waals surface area contributed by atoms with Crippen molar-refractivity contribution in [2.45, 2.75) is 59.0 Å². The summed E-state index contributed by atoms with van der Waals surface area (Å²) >= 11 is 0. The van der Waals surface area contributed by atoms with E-state index in [-0.39, 0.29) is 10.8 Å². The third-order valence-electron chi connectivity index (χ3n) is 4.53. The summed E-state index contributed by atoms with van der Waals surface area (Å²) in [5.41, 5.74) is 4.51. The van der Waals surface area contributed by atoms with Gasteiger partial charge in [0, 0.05) is 11.1 Å². The fraction of sp³-hybridized carbons (Fsp3) is 0.417. The fourth-order valence-electron chi connectivity index (χ4n) is 2.93. The quantitative estimate of drug-likeness (QED) is 0.610. The van der Waals surface area contributed by atoms with Crippen molar-refractivity contribution in [3.8, 4) is 11.5 Å². The van der Waals surface area contributed by atoms with E-state index in [4.69, 9.17) is 9.47 Å². The Kier molecular flexibility index (Phi) is 5.85. The second kappa shape index (κ2) is 7.57. The molecule has 2 nitrogen and oxygen atoms in total. The van der Waals surface area contributed by atoms with Gasteiger partial charge >= 0.3 is 0 Å². The van der Waals surface area contributed by atoms with Crippen LogP contribution in [0, 0.1) is 0 Å². The summed E-state index contributed by atoms with van der Waals surface area (Å²) in [6.45, 7) is 17.5. The summed E-state index contributed by atoms with van der Waals surface area (Å²) in [5.74, 6) is 1.85. The zero-order valence-corrected chi connectivity index (χ0v) is 17.3. The van der Waals surface area contributed by atoms with Crippen molar-refractivity contribution in [3.63, 3.8) is 0 Å². The zero-order valence-electron chi connectivity index (χ0n) is 17.3. The van der Waals surface area contributed by atoms with E-state index in [2.05, 4.69) is 84.5 Å². The molecule has 0 bridgehead atoms. The fourth-order valence-corrected chi connectivity index (χ4v) is 2.93. The number of rotatable bonds is 5. The molecule has 0 saturated carbocycles. The van der Waals surface area contributed by atoms with Crippen LogP contribution in [-0.2, 0) is 17.4 Å². The summed E-state index contributed by atoms with van der Waals surface area (Å²) in [4.78, 5) is 0. The maximum atomic E-state index is 6.28. The number of hydrogen-bond acceptors (Lipinski definition) is 2. The number of ether oxygens (including phenoxy) is 2. The Bertz CT molecular complexity index is 757. The lowest BCUT2D eigenvalue weighted by molar-refractivity contribution is 0.295. The first kappa shape index (κ1) is 20.1. The molecule has 0 spiro atoms. The summed E-state index contributed by atoms with van der Waals surface area (Å²) < 4.78 is 12.0. The monoisotopic (exact) mass is 352 g/mol. The Morgan fingerprint density at radius 2 is 1.35 bits per heavy atom. The van der Waals surface area contributed by atoms with Gasteiger partial charge in [0.15, 0.2) is 0 Å². The highest BCUT2D eigenvalue weighted by Crippen LogP contribution is 2.41. The lowest BCUT2D eigenvalue weighted by Crippen LogP contribution is -2.18. The molecular formula is C24H32O2. The van der Waals surface area contributed by atoms with Crippen LogP contribution < -0.4 is 9.47 Å². The van der Waals surface area contributed by atoms with Gasteiger partial charge in [0.05, 0.1) is 7.11 Å². The first-order chi connectivity index (χ1) is 12.1. The zero-order chi connectivity index (χ0) is 19.5. The molecule has 0 aliphatic heterocycles. The molecule has 2 aromatic rings. The van der Waals surface area contributed by atoms with E-state index in [9.17, 15) is 0 Å². The van der Waals surface area contributed by atoms with Crippen molar-refractivity contribution >= 4 is 6.08 Å². The predicted molar refractivity (Wildman–Crippen MR) is 111 cm³/mol. The van der Waals surface area contributed by atoms with Gasteiger partial charge in [-0.25, -0.2) is 0 Å². The second-order valence-electron chi connectivity index (χ2n) is 8.78. The molecule has 0 saturated heterocycles. The molecular weight excluding hydrogens is 320 g/mol. The summed E-state index contributed by atoms with van der Waals surface area (Å²) in [7, 11) is 1.73. The van der Waals surface area contributed by atoms with Gasteiger partial charge in [-0.2, -0.15) is 0 Å². The molecule has 0 amide bonds. The van der Waals surface area contributed by atoms with Crippen LogP contribution >= 0.6 is 0 Å². The molecule has 0 aromatic heterocycles. The Morgan fingerprint density at radius 3 is 1.81 bits per heavy atom. The third kappa shape index (κ3) is 4.69. The summed E-state index contributed by atoms with van der Waals surface area (Å²) in [5, 5.41) is 0. The average Bonchev–Trinajstić information content (AvgIpc) is 2.58. The molecule has 2 rings (SSSR count). The van der Waals surface area contributed by atoms with Gasteiger partial charge in [0.1, 0.15) is 18.1 Å². The highest BCUT2D eigenvalue weighted by Gasteiger charge is 2.26. The molecule has 2 heteroatoms. The van der Waals surface area contributed by atoms with Crippen LogP contribution in [0.5, 0.6) is 11.5 Å². The van der Waals surface area contributed by atoms with Crippen molar-refractivity contribution in [2.75, 3.05) is 7.11 Å². The summed E-state index contributed by atoms with van der Waals surface area (Å²) in [6.07, 6.45) is 1.85. The van der Waals surface area contributed by atoms with Crippen LogP contribution in [0.15, 0.2) is 43.0 Å². The maximum Gasteiger partial charge on any atom is 0.124 e. The lowest BCUT2D eigenvalue weighted by Gasteiger charge is -2.28. The van der Waals surface area contributed by atoms with E-state index in [0.717, 1.165) is 33.8 Å². The van der Waals surface area contributed by atoms with Crippen LogP contribution in [0.25, 0.3) is 6.08 Å². The lowest BCUT2D eigenvalue weighted by atomic mass is 9.81. The van der Waals surface area contributed by atoms with Gasteiger partial charge in [-0.15, -0.1) is 0 Å². The van der Waals surface area contributed by atoms with Crippen LogP contribution in [-0.4, -0.2) is 7.11 Å². The minimum absolute atomic E-state index is 0.0223. The largest absolute Gasteiger partial charge is 0.496 e. The van der Waals surface area contributed by atoms with Crippen LogP contribution in [0.1, 0.15) is 63.8 Å². The molecule has 0 N–H and O–H groups in total. The molecule has 0 heterocycles. The van der Waals surface area contributed by atoms with E-state index < -0.39 is 0 Å². The van der Waals surface area contributed by atoms with Crippen LogP contribution in [0.3, 0.4) is 0 Å². The third-order valence-corrected chi connectivity index (χ3v) is 4.53. The molecule has 2 aromatic carbocycles. The Morgan fingerprint density at radius 1 is 0.846 bits per heavy atom. The molecule has 140 valence electrons. The Labute approximate surface area is 158 Å². The SMILES string of the molecule is C=Cc1ccc(COc2cc(C(C)(C)C)c(OC)cc2C(C)(C)C)cc1. The van der Waals surface area contributed by atoms with E-state index in [0.29, 0.717) is 6.61 Å². The molecule has 0 fully saturated rings. The second-order valence-corrected chi connectivity index (χ2v) is 8.78. The Balaban J connectivity index is 2.41. The average molecular weight is 353 g/mol.